The van der Waals surface area contributed by atoms with Gasteiger partial charge in [0.1, 0.15) is 0 Å². The van der Waals surface area contributed by atoms with Crippen LogP contribution in [-0.4, -0.2) is 22.9 Å². The molecule has 4 heteroatoms. The van der Waals surface area contributed by atoms with Crippen LogP contribution >= 0.6 is 0 Å². The molecule has 0 unspecified atom stereocenters. The van der Waals surface area contributed by atoms with Gasteiger partial charge in [0.25, 0.3) is 0 Å². The molecule has 0 N–H and O–H groups in total. The fourth-order valence-corrected chi connectivity index (χ4v) is 2.44. The molecule has 0 saturated heterocycles. The molecule has 94 valence electrons. The number of ether oxygens (including phenoxy) is 1. The van der Waals surface area contributed by atoms with Gasteiger partial charge in [-0.15, -0.1) is 0 Å². The fourth-order valence-electron chi connectivity index (χ4n) is 2.44. The zero-order chi connectivity index (χ0) is 12.5. The van der Waals surface area contributed by atoms with Gasteiger partial charge >= 0.3 is 5.97 Å². The van der Waals surface area contributed by atoms with Crippen LogP contribution in [0.25, 0.3) is 10.9 Å². The summed E-state index contributed by atoms with van der Waals surface area (Å²) in [6.07, 6.45) is 3.76. The molecule has 0 aliphatic heterocycles. The van der Waals surface area contributed by atoms with E-state index < -0.39 is 0 Å². The number of fused-ring (bicyclic) bond motifs is 1. The molecule has 0 amide bonds. The molecule has 3 rings (SSSR count). The van der Waals surface area contributed by atoms with Crippen LogP contribution < -0.4 is 0 Å². The van der Waals surface area contributed by atoms with Gasteiger partial charge in [-0.1, -0.05) is 24.6 Å². The maximum atomic E-state index is 11.9. The average molecular weight is 244 g/mol. The van der Waals surface area contributed by atoms with Crippen molar-refractivity contribution in [2.24, 2.45) is 5.92 Å². The Morgan fingerprint density at radius 1 is 1.44 bits per heavy atom. The molecule has 1 heterocycles. The first-order valence-corrected chi connectivity index (χ1v) is 6.33. The van der Waals surface area contributed by atoms with Crippen LogP contribution in [-0.2, 0) is 11.3 Å². The van der Waals surface area contributed by atoms with Gasteiger partial charge in [-0.3, -0.25) is 4.68 Å². The van der Waals surface area contributed by atoms with Gasteiger partial charge in [0, 0.05) is 11.9 Å². The van der Waals surface area contributed by atoms with Crippen LogP contribution in [0.5, 0.6) is 0 Å². The molecule has 1 aromatic carbocycles. The van der Waals surface area contributed by atoms with Crippen molar-refractivity contribution in [1.29, 1.82) is 0 Å². The van der Waals surface area contributed by atoms with Crippen molar-refractivity contribution >= 4 is 16.9 Å². The highest BCUT2D eigenvalue weighted by Crippen LogP contribution is 2.29. The lowest BCUT2D eigenvalue weighted by Gasteiger charge is -2.25. The minimum Gasteiger partial charge on any atom is -0.464 e. The third-order valence-corrected chi connectivity index (χ3v) is 3.68. The smallest absolute Gasteiger partial charge is 0.356 e. The summed E-state index contributed by atoms with van der Waals surface area (Å²) in [7, 11) is 1.41. The SMILES string of the molecule is COC(=O)c1c2ccccc2nn1CC1CCC1. The summed E-state index contributed by atoms with van der Waals surface area (Å²) < 4.78 is 6.70. The van der Waals surface area contributed by atoms with Crippen LogP contribution in [0.4, 0.5) is 0 Å². The lowest BCUT2D eigenvalue weighted by molar-refractivity contribution is 0.0585. The lowest BCUT2D eigenvalue weighted by Crippen LogP contribution is -2.22. The van der Waals surface area contributed by atoms with Crippen molar-refractivity contribution < 1.29 is 9.53 Å². The van der Waals surface area contributed by atoms with Crippen LogP contribution in [0.15, 0.2) is 24.3 Å². The normalized spacial score (nSPS) is 15.6. The second kappa shape index (κ2) is 4.44. The van der Waals surface area contributed by atoms with Gasteiger partial charge in [0.2, 0.25) is 0 Å². The Morgan fingerprint density at radius 2 is 2.22 bits per heavy atom. The number of hydrogen-bond acceptors (Lipinski definition) is 3. The first kappa shape index (κ1) is 11.3. The summed E-state index contributed by atoms with van der Waals surface area (Å²) in [6.45, 7) is 0.819. The predicted molar refractivity (Wildman–Crippen MR) is 68.4 cm³/mol. The molecule has 2 aromatic rings. The number of rotatable bonds is 3. The molecule has 1 aromatic heterocycles. The highest BCUT2D eigenvalue weighted by atomic mass is 16.5. The Morgan fingerprint density at radius 3 is 2.89 bits per heavy atom. The van der Waals surface area contributed by atoms with E-state index in [0.29, 0.717) is 11.6 Å². The van der Waals surface area contributed by atoms with Gasteiger partial charge in [-0.05, 0) is 24.8 Å². The second-order valence-corrected chi connectivity index (χ2v) is 4.84. The number of aromatic nitrogens is 2. The zero-order valence-electron chi connectivity index (χ0n) is 10.4. The molecule has 1 aliphatic carbocycles. The van der Waals surface area contributed by atoms with Gasteiger partial charge in [-0.25, -0.2) is 4.79 Å². The molecule has 0 bridgehead atoms. The largest absolute Gasteiger partial charge is 0.464 e. The van der Waals surface area contributed by atoms with Crippen LogP contribution in [0.2, 0.25) is 0 Å². The standard InChI is InChI=1S/C14H16N2O2/c1-18-14(17)13-11-7-2-3-8-12(11)15-16(13)9-10-5-4-6-10/h2-3,7-8,10H,4-6,9H2,1H3. The molecule has 4 nitrogen and oxygen atoms in total. The minimum absolute atomic E-state index is 0.303. The van der Waals surface area contributed by atoms with Crippen molar-refractivity contribution in [2.75, 3.05) is 7.11 Å². The topological polar surface area (TPSA) is 44.1 Å². The predicted octanol–water partition coefficient (Wildman–Crippen LogP) is 2.62. The van der Waals surface area contributed by atoms with E-state index in [-0.39, 0.29) is 5.97 Å². The van der Waals surface area contributed by atoms with Crippen molar-refractivity contribution in [2.45, 2.75) is 25.8 Å². The number of methoxy groups -OCH3 is 1. The molecule has 18 heavy (non-hydrogen) atoms. The average Bonchev–Trinajstić information content (AvgIpc) is 2.71. The van der Waals surface area contributed by atoms with Gasteiger partial charge in [0.15, 0.2) is 5.69 Å². The van der Waals surface area contributed by atoms with Crippen molar-refractivity contribution in [1.82, 2.24) is 9.78 Å². The highest BCUT2D eigenvalue weighted by Gasteiger charge is 2.24. The Bertz CT molecular complexity index is 584. The van der Waals surface area contributed by atoms with Crippen molar-refractivity contribution in [3.8, 4) is 0 Å². The highest BCUT2D eigenvalue weighted by molar-refractivity contribution is 6.02. The number of hydrogen-bond donors (Lipinski definition) is 0. The summed E-state index contributed by atoms with van der Waals surface area (Å²) in [5.41, 5.74) is 1.44. The lowest BCUT2D eigenvalue weighted by atomic mass is 9.85. The minimum atomic E-state index is -0.303. The molecular weight excluding hydrogens is 228 g/mol. The van der Waals surface area contributed by atoms with Crippen molar-refractivity contribution in [3.63, 3.8) is 0 Å². The van der Waals surface area contributed by atoms with Crippen LogP contribution in [0.1, 0.15) is 29.8 Å². The molecule has 1 saturated carbocycles. The maximum absolute atomic E-state index is 11.9. The van der Waals surface area contributed by atoms with Gasteiger partial charge in [0.05, 0.1) is 12.6 Å². The molecule has 1 aliphatic rings. The molecule has 0 atom stereocenters. The number of nitrogens with zero attached hydrogens (tertiary/aromatic N) is 2. The first-order chi connectivity index (χ1) is 8.79. The molecule has 0 spiro atoms. The molecular formula is C14H16N2O2. The monoisotopic (exact) mass is 244 g/mol. The van der Waals surface area contributed by atoms with E-state index in [9.17, 15) is 4.79 Å². The van der Waals surface area contributed by atoms with E-state index in [1.54, 1.807) is 0 Å². The zero-order valence-corrected chi connectivity index (χ0v) is 10.4. The summed E-state index contributed by atoms with van der Waals surface area (Å²) in [4.78, 5) is 11.9. The van der Waals surface area contributed by atoms with Crippen LogP contribution in [0, 0.1) is 5.92 Å². The number of carbonyl (C=O) groups is 1. The molecule has 1 fully saturated rings. The quantitative estimate of drug-likeness (QED) is 0.779. The number of carbonyl (C=O) groups excluding carboxylic acids is 1. The Hall–Kier alpha value is -1.84. The van der Waals surface area contributed by atoms with Gasteiger partial charge < -0.3 is 4.74 Å². The Kier molecular flexibility index (Phi) is 2.78. The van der Waals surface area contributed by atoms with E-state index in [2.05, 4.69) is 5.10 Å². The summed E-state index contributed by atoms with van der Waals surface area (Å²) >= 11 is 0. The van der Waals surface area contributed by atoms with E-state index in [1.807, 2.05) is 28.9 Å². The Labute approximate surface area is 106 Å². The summed E-state index contributed by atoms with van der Waals surface area (Å²) in [5.74, 6) is 0.353. The number of esters is 1. The third-order valence-electron chi connectivity index (χ3n) is 3.68. The van der Waals surface area contributed by atoms with E-state index in [0.717, 1.165) is 17.4 Å². The van der Waals surface area contributed by atoms with E-state index in [4.69, 9.17) is 4.74 Å². The van der Waals surface area contributed by atoms with E-state index in [1.165, 1.54) is 26.4 Å². The second-order valence-electron chi connectivity index (χ2n) is 4.84. The molecule has 0 radical (unpaired) electrons. The van der Waals surface area contributed by atoms with E-state index >= 15 is 0 Å². The summed E-state index contributed by atoms with van der Waals surface area (Å²) in [6, 6.07) is 7.71. The Balaban J connectivity index is 2.07. The number of benzene rings is 1. The summed E-state index contributed by atoms with van der Waals surface area (Å²) in [5, 5.41) is 5.40. The van der Waals surface area contributed by atoms with Crippen molar-refractivity contribution in [3.05, 3.63) is 30.0 Å². The van der Waals surface area contributed by atoms with Crippen LogP contribution in [0.3, 0.4) is 0 Å². The van der Waals surface area contributed by atoms with Gasteiger partial charge in [-0.2, -0.15) is 5.10 Å². The first-order valence-electron chi connectivity index (χ1n) is 6.33. The maximum Gasteiger partial charge on any atom is 0.356 e. The third kappa shape index (κ3) is 1.78. The fraction of sp³-hybridized carbons (Fsp3) is 0.429.